The number of esters is 1. The summed E-state index contributed by atoms with van der Waals surface area (Å²) in [6, 6.07) is 4.39. The minimum atomic E-state index is -2.00. The molecule has 2 bridgehead atoms. The smallest absolute Gasteiger partial charge is 0.316 e. The third kappa shape index (κ3) is 1.61. The van der Waals surface area contributed by atoms with Crippen molar-refractivity contribution >= 4 is 20.1 Å². The van der Waals surface area contributed by atoms with Gasteiger partial charge >= 0.3 is 5.97 Å². The molecule has 0 radical (unpaired) electrons. The highest BCUT2D eigenvalue weighted by Crippen LogP contribution is 2.70. The Morgan fingerprint density at radius 2 is 1.96 bits per heavy atom. The molecule has 1 aromatic carbocycles. The van der Waals surface area contributed by atoms with Crippen molar-refractivity contribution in [2.24, 2.45) is 17.3 Å². The van der Waals surface area contributed by atoms with E-state index >= 15 is 0 Å². The topological polar surface area (TPSA) is 52.6 Å². The molecule has 2 aliphatic heterocycles. The fourth-order valence-electron chi connectivity index (χ4n) is 6.39. The molecular weight excluding hydrogens is 344 g/mol. The highest BCUT2D eigenvalue weighted by Gasteiger charge is 2.79. The first-order valence-corrected chi connectivity index (χ1v) is 13.1. The van der Waals surface area contributed by atoms with E-state index in [-0.39, 0.29) is 23.6 Å². The minimum absolute atomic E-state index is 0.0780. The van der Waals surface area contributed by atoms with Crippen LogP contribution in [0.5, 0.6) is 0 Å². The van der Waals surface area contributed by atoms with Gasteiger partial charge in [-0.15, -0.1) is 0 Å². The number of hydrogen-bond acceptors (Lipinski definition) is 4. The van der Waals surface area contributed by atoms with Crippen LogP contribution in [0.1, 0.15) is 35.6 Å². The summed E-state index contributed by atoms with van der Waals surface area (Å²) in [5.41, 5.74) is 3.52. The molecule has 1 aromatic rings. The fraction of sp³-hybridized carbons (Fsp3) is 0.619. The Balaban J connectivity index is 1.90. The molecular formula is C21H26O4Si. The van der Waals surface area contributed by atoms with Gasteiger partial charge in [-0.05, 0) is 68.1 Å². The van der Waals surface area contributed by atoms with Crippen LogP contribution in [0.4, 0.5) is 0 Å². The van der Waals surface area contributed by atoms with Crippen LogP contribution in [0, 0.1) is 24.2 Å². The fourth-order valence-corrected chi connectivity index (χ4v) is 7.79. The van der Waals surface area contributed by atoms with Crippen LogP contribution in [0.15, 0.2) is 12.1 Å². The molecule has 3 fully saturated rings. The van der Waals surface area contributed by atoms with Crippen LogP contribution in [0.3, 0.4) is 0 Å². The molecule has 1 unspecified atom stereocenters. The van der Waals surface area contributed by atoms with Gasteiger partial charge in [-0.2, -0.15) is 0 Å². The van der Waals surface area contributed by atoms with Crippen LogP contribution in [-0.2, 0) is 37.2 Å². The third-order valence-electron chi connectivity index (χ3n) is 7.28. The van der Waals surface area contributed by atoms with E-state index in [2.05, 4.69) is 38.7 Å². The SMILES string of the molecule is Cc1ccc2c3c1C[C@@H]1[C@H]4OC(=O)[C@](CC2)(C(C)C4=O)[C@]31O[Si](C)(C)C. The molecule has 5 heteroatoms. The molecule has 2 saturated heterocycles. The zero-order chi connectivity index (χ0) is 18.6. The first-order valence-electron chi connectivity index (χ1n) is 9.70. The Morgan fingerprint density at radius 3 is 2.65 bits per heavy atom. The van der Waals surface area contributed by atoms with Crippen molar-refractivity contribution in [3.63, 3.8) is 0 Å². The lowest BCUT2D eigenvalue weighted by Crippen LogP contribution is -2.75. The average Bonchev–Trinajstić information content (AvgIpc) is 2.89. The number of Topliss-reactive ketones (excluding diaryl/α,β-unsaturated/α-hetero) is 1. The number of ketones is 1. The third-order valence-corrected chi connectivity index (χ3v) is 8.21. The predicted octanol–water partition coefficient (Wildman–Crippen LogP) is 3.29. The molecule has 4 nitrogen and oxygen atoms in total. The maximum Gasteiger partial charge on any atom is 0.316 e. The molecule has 3 aliphatic carbocycles. The zero-order valence-electron chi connectivity index (χ0n) is 16.1. The Hall–Kier alpha value is -1.46. The quantitative estimate of drug-likeness (QED) is 0.592. The molecule has 0 amide bonds. The summed E-state index contributed by atoms with van der Waals surface area (Å²) in [6.45, 7) is 10.6. The second-order valence-corrected chi connectivity index (χ2v) is 14.0. The molecule has 2 heterocycles. The van der Waals surface area contributed by atoms with Crippen molar-refractivity contribution in [1.82, 2.24) is 0 Å². The van der Waals surface area contributed by atoms with Gasteiger partial charge in [0.2, 0.25) is 0 Å². The molecule has 0 aromatic heterocycles. The number of ether oxygens (including phenoxy) is 1. The normalized spacial score (nSPS) is 39.8. The summed E-state index contributed by atoms with van der Waals surface area (Å²) in [7, 11) is -2.00. The zero-order valence-corrected chi connectivity index (χ0v) is 17.1. The van der Waals surface area contributed by atoms with Crippen molar-refractivity contribution < 1.29 is 18.8 Å². The van der Waals surface area contributed by atoms with Crippen molar-refractivity contribution in [1.29, 1.82) is 0 Å². The van der Waals surface area contributed by atoms with Crippen molar-refractivity contribution in [2.45, 2.75) is 64.5 Å². The van der Waals surface area contributed by atoms with Gasteiger partial charge in [0, 0.05) is 11.8 Å². The first-order chi connectivity index (χ1) is 12.1. The van der Waals surface area contributed by atoms with E-state index in [1.807, 2.05) is 6.92 Å². The monoisotopic (exact) mass is 370 g/mol. The molecule has 5 aliphatic rings. The summed E-state index contributed by atoms with van der Waals surface area (Å²) < 4.78 is 12.8. The molecule has 5 atom stereocenters. The van der Waals surface area contributed by atoms with Crippen molar-refractivity contribution in [3.05, 3.63) is 34.4 Å². The lowest BCUT2D eigenvalue weighted by Gasteiger charge is -2.64. The highest BCUT2D eigenvalue weighted by atomic mass is 28.4. The highest BCUT2D eigenvalue weighted by molar-refractivity contribution is 6.69. The maximum absolute atomic E-state index is 13.3. The number of aryl methyl sites for hydroxylation is 2. The van der Waals surface area contributed by atoms with E-state index in [1.165, 1.54) is 22.3 Å². The summed E-state index contributed by atoms with van der Waals surface area (Å²) in [5, 5.41) is 0. The summed E-state index contributed by atoms with van der Waals surface area (Å²) in [5.74, 6) is -0.533. The Bertz CT molecular complexity index is 869. The number of rotatable bonds is 2. The van der Waals surface area contributed by atoms with Gasteiger partial charge in [-0.3, -0.25) is 9.59 Å². The minimum Gasteiger partial charge on any atom is -0.453 e. The summed E-state index contributed by atoms with van der Waals surface area (Å²) >= 11 is 0. The van der Waals surface area contributed by atoms with Gasteiger partial charge in [-0.25, -0.2) is 0 Å². The van der Waals surface area contributed by atoms with E-state index in [1.54, 1.807) is 0 Å². The van der Waals surface area contributed by atoms with Gasteiger partial charge in [0.25, 0.3) is 0 Å². The predicted molar refractivity (Wildman–Crippen MR) is 99.3 cm³/mol. The number of carbonyl (C=O) groups excluding carboxylic acids is 2. The number of benzene rings is 1. The van der Waals surface area contributed by atoms with Crippen LogP contribution in [0.25, 0.3) is 0 Å². The van der Waals surface area contributed by atoms with Crippen LogP contribution >= 0.6 is 0 Å². The van der Waals surface area contributed by atoms with E-state index in [0.29, 0.717) is 6.42 Å². The standard InChI is InChI=1S/C21H26O4Si/c1-11-6-7-13-8-9-20-12(2)17(22)18(24-19(20)23)15-10-14(11)16(13)21(15,20)25-26(3,4)5/h6-7,12,15,18H,8-10H2,1-5H3/t12?,15-,18-,20+,21-/m1/s1. The lowest BCUT2D eigenvalue weighted by atomic mass is 9.47. The Kier molecular flexibility index (Phi) is 3.01. The number of carbonyl (C=O) groups is 2. The molecule has 1 saturated carbocycles. The van der Waals surface area contributed by atoms with Gasteiger partial charge in [-0.1, -0.05) is 19.1 Å². The average molecular weight is 371 g/mol. The largest absolute Gasteiger partial charge is 0.453 e. The summed E-state index contributed by atoms with van der Waals surface area (Å²) in [6.07, 6.45) is 1.57. The van der Waals surface area contributed by atoms with E-state index in [0.717, 1.165) is 12.8 Å². The second-order valence-electron chi connectivity index (χ2n) is 9.58. The molecule has 0 N–H and O–H groups in total. The van der Waals surface area contributed by atoms with E-state index < -0.39 is 25.4 Å². The van der Waals surface area contributed by atoms with Crippen molar-refractivity contribution in [2.75, 3.05) is 0 Å². The first kappa shape index (κ1) is 16.7. The van der Waals surface area contributed by atoms with Crippen LogP contribution < -0.4 is 0 Å². The number of fused-ring (bicyclic) bond motifs is 2. The van der Waals surface area contributed by atoms with Gasteiger partial charge in [0.05, 0.1) is 0 Å². The van der Waals surface area contributed by atoms with E-state index in [4.69, 9.17) is 9.16 Å². The van der Waals surface area contributed by atoms with Crippen LogP contribution in [0.2, 0.25) is 19.6 Å². The second kappa shape index (κ2) is 4.68. The van der Waals surface area contributed by atoms with E-state index in [9.17, 15) is 9.59 Å². The van der Waals surface area contributed by atoms with Crippen molar-refractivity contribution in [3.8, 4) is 0 Å². The molecule has 6 rings (SSSR count). The van der Waals surface area contributed by atoms with Crippen LogP contribution in [-0.4, -0.2) is 26.2 Å². The van der Waals surface area contributed by atoms with Gasteiger partial charge in [0.1, 0.15) is 11.0 Å². The molecule has 26 heavy (non-hydrogen) atoms. The van der Waals surface area contributed by atoms with Gasteiger partial charge < -0.3 is 9.16 Å². The Labute approximate surface area is 155 Å². The Morgan fingerprint density at radius 1 is 1.23 bits per heavy atom. The van der Waals surface area contributed by atoms with Gasteiger partial charge in [0.15, 0.2) is 20.2 Å². The molecule has 1 spiro atoms. The maximum atomic E-state index is 13.3. The molecule has 138 valence electrons. The summed E-state index contributed by atoms with van der Waals surface area (Å²) in [4.78, 5) is 26.4. The lowest BCUT2D eigenvalue weighted by molar-refractivity contribution is -0.256. The number of hydrogen-bond donors (Lipinski definition) is 0.